The smallest absolute Gasteiger partial charge is 0.332 e. The molecule has 0 spiro atoms. The number of fused-ring (bicyclic) bond motifs is 1. The van der Waals surface area contributed by atoms with Crippen LogP contribution in [0.25, 0.3) is 5.69 Å². The summed E-state index contributed by atoms with van der Waals surface area (Å²) in [6.45, 7) is 3.55. The van der Waals surface area contributed by atoms with E-state index >= 15 is 0 Å². The molecular formula is C15H14F3N3O. The second-order valence-corrected chi connectivity index (χ2v) is 5.49. The molecule has 116 valence electrons. The molecule has 22 heavy (non-hydrogen) atoms. The van der Waals surface area contributed by atoms with Crippen molar-refractivity contribution in [1.82, 2.24) is 14.7 Å². The van der Waals surface area contributed by atoms with Crippen LogP contribution in [-0.2, 0) is 12.7 Å². The molecule has 1 aromatic heterocycles. The molecule has 0 radical (unpaired) electrons. The summed E-state index contributed by atoms with van der Waals surface area (Å²) in [6.07, 6.45) is -1.50. The van der Waals surface area contributed by atoms with Gasteiger partial charge in [0.2, 0.25) is 0 Å². The summed E-state index contributed by atoms with van der Waals surface area (Å²) in [7, 11) is 0. The van der Waals surface area contributed by atoms with Gasteiger partial charge in [0.1, 0.15) is 0 Å². The predicted molar refractivity (Wildman–Crippen MR) is 73.6 cm³/mol. The Hall–Kier alpha value is -2.31. The van der Waals surface area contributed by atoms with Gasteiger partial charge >= 0.3 is 6.18 Å². The summed E-state index contributed by atoms with van der Waals surface area (Å²) in [4.78, 5) is 13.8. The van der Waals surface area contributed by atoms with Crippen LogP contribution in [0.1, 0.15) is 35.3 Å². The highest BCUT2D eigenvalue weighted by Gasteiger charge is 2.40. The van der Waals surface area contributed by atoms with Crippen molar-refractivity contribution in [1.29, 1.82) is 0 Å². The van der Waals surface area contributed by atoms with Crippen molar-refractivity contribution < 1.29 is 18.0 Å². The number of hydrogen-bond donors (Lipinski definition) is 0. The molecule has 0 saturated carbocycles. The molecule has 2 aromatic rings. The molecule has 0 saturated heterocycles. The van der Waals surface area contributed by atoms with Gasteiger partial charge in [0.15, 0.2) is 0 Å². The zero-order chi connectivity index (χ0) is 16.1. The molecule has 0 atom stereocenters. The molecule has 0 unspecified atom stereocenters. The Kier molecular flexibility index (Phi) is 3.23. The zero-order valence-corrected chi connectivity index (χ0v) is 12.1. The molecule has 1 aliphatic heterocycles. The van der Waals surface area contributed by atoms with E-state index in [0.29, 0.717) is 0 Å². The minimum absolute atomic E-state index is 0.0138. The lowest BCUT2D eigenvalue weighted by molar-refractivity contribution is -0.138. The molecule has 3 rings (SSSR count). The maximum Gasteiger partial charge on any atom is 0.416 e. The van der Waals surface area contributed by atoms with Gasteiger partial charge in [-0.25, -0.2) is 4.68 Å². The summed E-state index contributed by atoms with van der Waals surface area (Å²) >= 11 is 0. The summed E-state index contributed by atoms with van der Waals surface area (Å²) in [5, 5.41) is 3.94. The van der Waals surface area contributed by atoms with Gasteiger partial charge in [0, 0.05) is 30.5 Å². The number of carbonyl (C=O) groups is 1. The van der Waals surface area contributed by atoms with E-state index in [1.807, 2.05) is 0 Å². The monoisotopic (exact) mass is 309 g/mol. The van der Waals surface area contributed by atoms with Gasteiger partial charge in [0.25, 0.3) is 5.91 Å². The minimum atomic E-state index is -4.51. The van der Waals surface area contributed by atoms with Crippen LogP contribution in [0.2, 0.25) is 0 Å². The second kappa shape index (κ2) is 4.86. The molecule has 2 heterocycles. The number of rotatable bonds is 2. The van der Waals surface area contributed by atoms with Crippen LogP contribution in [0.3, 0.4) is 0 Å². The third-order valence-corrected chi connectivity index (χ3v) is 3.75. The van der Waals surface area contributed by atoms with E-state index in [2.05, 4.69) is 5.10 Å². The number of halogens is 3. The van der Waals surface area contributed by atoms with Gasteiger partial charge in [-0.2, -0.15) is 18.3 Å². The molecule has 0 bridgehead atoms. The Bertz CT molecular complexity index is 720. The van der Waals surface area contributed by atoms with Crippen LogP contribution in [0.4, 0.5) is 13.2 Å². The lowest BCUT2D eigenvalue weighted by Gasteiger charge is -2.20. The Labute approximate surface area is 125 Å². The highest BCUT2D eigenvalue weighted by Crippen LogP contribution is 2.39. The molecule has 0 aliphatic carbocycles. The number of aromatic nitrogens is 2. The third-order valence-electron chi connectivity index (χ3n) is 3.75. The summed E-state index contributed by atoms with van der Waals surface area (Å²) in [5.41, 5.74) is -0.391. The highest BCUT2D eigenvalue weighted by atomic mass is 19.4. The van der Waals surface area contributed by atoms with Crippen molar-refractivity contribution >= 4 is 5.91 Å². The fraction of sp³-hybridized carbons (Fsp3) is 0.333. The van der Waals surface area contributed by atoms with Gasteiger partial charge in [-0.1, -0.05) is 0 Å². The van der Waals surface area contributed by atoms with Gasteiger partial charge in [0.05, 0.1) is 11.3 Å². The lowest BCUT2D eigenvalue weighted by Crippen LogP contribution is -2.30. The first-order chi connectivity index (χ1) is 10.3. The third kappa shape index (κ3) is 2.26. The number of carbonyl (C=O) groups excluding carboxylic acids is 1. The maximum atomic E-state index is 13.4. The molecule has 1 aliphatic rings. The maximum absolute atomic E-state index is 13.4. The molecule has 1 aromatic carbocycles. The summed E-state index contributed by atoms with van der Waals surface area (Å²) in [6, 6.07) is 3.97. The fourth-order valence-corrected chi connectivity index (χ4v) is 2.64. The standard InChI is InChI=1S/C15H14F3N3O/c1-9(2)20-8-12-11(14(20)22)6-10(21-5-3-4-19-21)7-13(12)15(16,17)18/h3-7,9H,8H2,1-2H3. The van der Waals surface area contributed by atoms with Crippen molar-refractivity contribution in [3.63, 3.8) is 0 Å². The van der Waals surface area contributed by atoms with Crippen molar-refractivity contribution in [2.75, 3.05) is 0 Å². The lowest BCUT2D eigenvalue weighted by atomic mass is 10.0. The summed E-state index contributed by atoms with van der Waals surface area (Å²) in [5.74, 6) is -0.371. The van der Waals surface area contributed by atoms with Gasteiger partial charge in [-0.15, -0.1) is 0 Å². The van der Waals surface area contributed by atoms with Crippen molar-refractivity contribution in [2.24, 2.45) is 0 Å². The first-order valence-electron chi connectivity index (χ1n) is 6.84. The average Bonchev–Trinajstić information content (AvgIpc) is 3.05. The van der Waals surface area contributed by atoms with Gasteiger partial charge in [-0.3, -0.25) is 4.79 Å². The molecule has 0 N–H and O–H groups in total. The summed E-state index contributed by atoms with van der Waals surface area (Å²) < 4.78 is 41.4. The van der Waals surface area contributed by atoms with Gasteiger partial charge < -0.3 is 4.90 Å². The average molecular weight is 309 g/mol. The number of hydrogen-bond acceptors (Lipinski definition) is 2. The second-order valence-electron chi connectivity index (χ2n) is 5.49. The predicted octanol–water partition coefficient (Wildman–Crippen LogP) is 3.26. The van der Waals surface area contributed by atoms with Crippen molar-refractivity contribution in [3.8, 4) is 5.69 Å². The Morgan fingerprint density at radius 1 is 1.27 bits per heavy atom. The Morgan fingerprint density at radius 3 is 2.55 bits per heavy atom. The molecule has 0 fully saturated rings. The fourth-order valence-electron chi connectivity index (χ4n) is 2.64. The highest BCUT2D eigenvalue weighted by molar-refractivity contribution is 5.99. The van der Waals surface area contributed by atoms with E-state index in [0.717, 1.165) is 6.07 Å². The van der Waals surface area contributed by atoms with Crippen LogP contribution < -0.4 is 0 Å². The van der Waals surface area contributed by atoms with Crippen LogP contribution in [0, 0.1) is 0 Å². The topological polar surface area (TPSA) is 38.1 Å². The van der Waals surface area contributed by atoms with E-state index in [1.54, 1.807) is 26.1 Å². The van der Waals surface area contributed by atoms with E-state index < -0.39 is 11.7 Å². The number of amides is 1. The number of benzene rings is 1. The Morgan fingerprint density at radius 2 is 2.00 bits per heavy atom. The molecule has 1 amide bonds. The van der Waals surface area contributed by atoms with Crippen LogP contribution >= 0.6 is 0 Å². The normalized spacial score (nSPS) is 14.8. The molecule has 7 heteroatoms. The van der Waals surface area contributed by atoms with Gasteiger partial charge in [-0.05, 0) is 37.6 Å². The van der Waals surface area contributed by atoms with Crippen LogP contribution in [-0.4, -0.2) is 26.6 Å². The molecular weight excluding hydrogens is 295 g/mol. The van der Waals surface area contributed by atoms with E-state index in [-0.39, 0.29) is 35.3 Å². The van der Waals surface area contributed by atoms with Crippen LogP contribution in [0.5, 0.6) is 0 Å². The minimum Gasteiger partial charge on any atom is -0.332 e. The first-order valence-corrected chi connectivity index (χ1v) is 6.84. The van der Waals surface area contributed by atoms with Crippen LogP contribution in [0.15, 0.2) is 30.6 Å². The first kappa shape index (κ1) is 14.6. The van der Waals surface area contributed by atoms with E-state index in [4.69, 9.17) is 0 Å². The van der Waals surface area contributed by atoms with Crippen molar-refractivity contribution in [3.05, 3.63) is 47.3 Å². The largest absolute Gasteiger partial charge is 0.416 e. The molecule has 4 nitrogen and oxygen atoms in total. The Balaban J connectivity index is 2.20. The number of alkyl halides is 3. The number of nitrogens with zero attached hydrogens (tertiary/aromatic N) is 3. The quantitative estimate of drug-likeness (QED) is 0.854. The SMILES string of the molecule is CC(C)N1Cc2c(cc(-n3cccn3)cc2C(F)(F)F)C1=O. The van der Waals surface area contributed by atoms with E-state index in [9.17, 15) is 18.0 Å². The zero-order valence-electron chi connectivity index (χ0n) is 12.1. The van der Waals surface area contributed by atoms with E-state index in [1.165, 1.54) is 21.8 Å². The van der Waals surface area contributed by atoms with Crippen molar-refractivity contribution in [2.45, 2.75) is 32.6 Å².